The zero-order chi connectivity index (χ0) is 14.3. The van der Waals surface area contributed by atoms with E-state index in [-0.39, 0.29) is 6.10 Å². The van der Waals surface area contributed by atoms with Gasteiger partial charge in [0.15, 0.2) is 0 Å². The van der Waals surface area contributed by atoms with E-state index in [1.807, 2.05) is 24.4 Å². The first-order valence-electron chi connectivity index (χ1n) is 7.83. The Hall–Kier alpha value is -1.01. The molecule has 0 saturated carbocycles. The maximum absolute atomic E-state index is 5.96. The molecule has 0 unspecified atom stereocenters. The summed E-state index contributed by atoms with van der Waals surface area (Å²) in [6.45, 7) is 5.95. The maximum Gasteiger partial charge on any atom is 0.0936 e. The second-order valence-electron chi connectivity index (χ2n) is 5.70. The molecular formula is C16H24N2O3. The van der Waals surface area contributed by atoms with Gasteiger partial charge in [-0.15, -0.1) is 0 Å². The van der Waals surface area contributed by atoms with Crippen molar-refractivity contribution in [2.24, 2.45) is 0 Å². The Labute approximate surface area is 126 Å². The van der Waals surface area contributed by atoms with Crippen LogP contribution in [0.3, 0.4) is 0 Å². The van der Waals surface area contributed by atoms with Crippen LogP contribution in [0.4, 0.5) is 0 Å². The van der Waals surface area contributed by atoms with Gasteiger partial charge in [-0.2, -0.15) is 0 Å². The summed E-state index contributed by atoms with van der Waals surface area (Å²) in [4.78, 5) is 6.75. The molecule has 1 atom stereocenters. The van der Waals surface area contributed by atoms with E-state index in [4.69, 9.17) is 14.2 Å². The molecule has 116 valence electrons. The number of aromatic nitrogens is 1. The standard InChI is InChI=1S/C16H24N2O3/c1-2-6-17-14(3-1)12-21-15-4-7-18(8-5-15)11-16-13-19-9-10-20-16/h1-3,6,15-16H,4-5,7-13H2/t16-/m0/s1. The van der Waals surface area contributed by atoms with Gasteiger partial charge in [-0.1, -0.05) is 6.07 Å². The Morgan fingerprint density at radius 2 is 2.14 bits per heavy atom. The van der Waals surface area contributed by atoms with E-state index in [1.165, 1.54) is 0 Å². The molecule has 21 heavy (non-hydrogen) atoms. The summed E-state index contributed by atoms with van der Waals surface area (Å²) in [5.74, 6) is 0. The highest BCUT2D eigenvalue weighted by Crippen LogP contribution is 2.16. The van der Waals surface area contributed by atoms with E-state index in [0.717, 1.165) is 58.0 Å². The first-order chi connectivity index (χ1) is 10.4. The lowest BCUT2D eigenvalue weighted by molar-refractivity contribution is -0.102. The third-order valence-corrected chi connectivity index (χ3v) is 4.07. The lowest BCUT2D eigenvalue weighted by atomic mass is 10.1. The summed E-state index contributed by atoms with van der Waals surface area (Å²) in [6, 6.07) is 5.94. The monoisotopic (exact) mass is 292 g/mol. The van der Waals surface area contributed by atoms with Gasteiger partial charge >= 0.3 is 0 Å². The molecule has 5 nitrogen and oxygen atoms in total. The number of pyridine rings is 1. The molecule has 2 fully saturated rings. The fourth-order valence-electron chi connectivity index (χ4n) is 2.88. The van der Waals surface area contributed by atoms with Gasteiger partial charge in [0.2, 0.25) is 0 Å². The van der Waals surface area contributed by atoms with Gasteiger partial charge < -0.3 is 19.1 Å². The molecule has 5 heteroatoms. The number of hydrogen-bond acceptors (Lipinski definition) is 5. The SMILES string of the molecule is c1ccc(COC2CCN(C[C@H]3COCCO3)CC2)nc1. The minimum Gasteiger partial charge on any atom is -0.376 e. The lowest BCUT2D eigenvalue weighted by Crippen LogP contribution is -2.44. The predicted octanol–water partition coefficient (Wildman–Crippen LogP) is 1.48. The van der Waals surface area contributed by atoms with Crippen LogP contribution in [0, 0.1) is 0 Å². The van der Waals surface area contributed by atoms with E-state index < -0.39 is 0 Å². The number of rotatable bonds is 5. The van der Waals surface area contributed by atoms with Crippen molar-refractivity contribution in [1.82, 2.24) is 9.88 Å². The first kappa shape index (κ1) is 14.9. The third-order valence-electron chi connectivity index (χ3n) is 4.07. The maximum atomic E-state index is 5.96. The molecule has 1 aromatic rings. The lowest BCUT2D eigenvalue weighted by Gasteiger charge is -2.35. The highest BCUT2D eigenvalue weighted by molar-refractivity contribution is 5.02. The van der Waals surface area contributed by atoms with Crippen molar-refractivity contribution in [3.8, 4) is 0 Å². The van der Waals surface area contributed by atoms with Gasteiger partial charge in [-0.05, 0) is 25.0 Å². The van der Waals surface area contributed by atoms with E-state index in [0.29, 0.717) is 12.7 Å². The molecule has 1 aromatic heterocycles. The van der Waals surface area contributed by atoms with E-state index in [1.54, 1.807) is 0 Å². The summed E-state index contributed by atoms with van der Waals surface area (Å²) in [6.07, 6.45) is 4.57. The van der Waals surface area contributed by atoms with E-state index >= 15 is 0 Å². The Kier molecular flexibility index (Phi) is 5.57. The molecule has 2 saturated heterocycles. The van der Waals surface area contributed by atoms with Gasteiger partial charge in [-0.25, -0.2) is 0 Å². The minimum absolute atomic E-state index is 0.240. The summed E-state index contributed by atoms with van der Waals surface area (Å²) in [7, 11) is 0. The molecule has 0 aliphatic carbocycles. The van der Waals surface area contributed by atoms with Gasteiger partial charge in [0, 0.05) is 25.8 Å². The van der Waals surface area contributed by atoms with Crippen molar-refractivity contribution in [2.75, 3.05) is 39.5 Å². The van der Waals surface area contributed by atoms with Crippen LogP contribution in [0.5, 0.6) is 0 Å². The van der Waals surface area contributed by atoms with Crippen LogP contribution in [-0.4, -0.2) is 61.5 Å². The van der Waals surface area contributed by atoms with Gasteiger partial charge in [0.05, 0.1) is 44.3 Å². The fraction of sp³-hybridized carbons (Fsp3) is 0.688. The Balaban J connectivity index is 1.35. The van der Waals surface area contributed by atoms with Crippen molar-refractivity contribution in [3.05, 3.63) is 30.1 Å². The number of ether oxygens (including phenoxy) is 3. The van der Waals surface area contributed by atoms with Crippen molar-refractivity contribution in [1.29, 1.82) is 0 Å². The zero-order valence-corrected chi connectivity index (χ0v) is 12.4. The van der Waals surface area contributed by atoms with Crippen LogP contribution in [0.1, 0.15) is 18.5 Å². The summed E-state index contributed by atoms with van der Waals surface area (Å²) in [5, 5.41) is 0. The minimum atomic E-state index is 0.240. The van der Waals surface area contributed by atoms with Crippen LogP contribution in [0.15, 0.2) is 24.4 Å². The Morgan fingerprint density at radius 3 is 2.86 bits per heavy atom. The highest BCUT2D eigenvalue weighted by atomic mass is 16.6. The molecule has 0 amide bonds. The smallest absolute Gasteiger partial charge is 0.0936 e. The van der Waals surface area contributed by atoms with Crippen LogP contribution in [0.25, 0.3) is 0 Å². The predicted molar refractivity (Wildman–Crippen MR) is 79.0 cm³/mol. The highest BCUT2D eigenvalue weighted by Gasteiger charge is 2.23. The second kappa shape index (κ2) is 7.84. The van der Waals surface area contributed by atoms with Crippen LogP contribution in [-0.2, 0) is 20.8 Å². The van der Waals surface area contributed by atoms with Crippen molar-refractivity contribution < 1.29 is 14.2 Å². The van der Waals surface area contributed by atoms with Crippen molar-refractivity contribution in [2.45, 2.75) is 31.7 Å². The molecule has 2 aliphatic heterocycles. The zero-order valence-electron chi connectivity index (χ0n) is 12.4. The topological polar surface area (TPSA) is 43.8 Å². The summed E-state index contributed by atoms with van der Waals surface area (Å²) < 4.78 is 17.1. The van der Waals surface area contributed by atoms with Gasteiger partial charge in [0.25, 0.3) is 0 Å². The van der Waals surface area contributed by atoms with Crippen LogP contribution < -0.4 is 0 Å². The fourth-order valence-corrected chi connectivity index (χ4v) is 2.88. The number of hydrogen-bond donors (Lipinski definition) is 0. The molecule has 0 aromatic carbocycles. The normalized spacial score (nSPS) is 25.0. The average molecular weight is 292 g/mol. The summed E-state index contributed by atoms with van der Waals surface area (Å²) in [5.41, 5.74) is 1.01. The second-order valence-corrected chi connectivity index (χ2v) is 5.70. The summed E-state index contributed by atoms with van der Waals surface area (Å²) >= 11 is 0. The number of nitrogens with zero attached hydrogens (tertiary/aromatic N) is 2. The molecule has 2 aliphatic rings. The average Bonchev–Trinajstić information content (AvgIpc) is 2.56. The molecule has 0 radical (unpaired) electrons. The Morgan fingerprint density at radius 1 is 1.24 bits per heavy atom. The van der Waals surface area contributed by atoms with Crippen molar-refractivity contribution >= 4 is 0 Å². The number of likely N-dealkylation sites (tertiary alicyclic amines) is 1. The first-order valence-corrected chi connectivity index (χ1v) is 7.83. The molecule has 0 spiro atoms. The van der Waals surface area contributed by atoms with Crippen LogP contribution >= 0.6 is 0 Å². The van der Waals surface area contributed by atoms with Crippen LogP contribution in [0.2, 0.25) is 0 Å². The largest absolute Gasteiger partial charge is 0.376 e. The Bertz CT molecular complexity index is 401. The van der Waals surface area contributed by atoms with E-state index in [2.05, 4.69) is 9.88 Å². The van der Waals surface area contributed by atoms with Gasteiger partial charge in [0.1, 0.15) is 0 Å². The molecular weight excluding hydrogens is 268 g/mol. The molecule has 3 heterocycles. The quantitative estimate of drug-likeness (QED) is 0.822. The molecule has 0 bridgehead atoms. The van der Waals surface area contributed by atoms with Gasteiger partial charge in [-0.3, -0.25) is 4.98 Å². The third kappa shape index (κ3) is 4.74. The van der Waals surface area contributed by atoms with E-state index in [9.17, 15) is 0 Å². The van der Waals surface area contributed by atoms with Crippen molar-refractivity contribution in [3.63, 3.8) is 0 Å². The number of piperidine rings is 1. The molecule has 0 N–H and O–H groups in total. The molecule has 3 rings (SSSR count).